The zero-order valence-electron chi connectivity index (χ0n) is 10.4. The Morgan fingerprint density at radius 1 is 1.33 bits per heavy atom. The van der Waals surface area contributed by atoms with Gasteiger partial charge in [0.1, 0.15) is 6.54 Å². The predicted octanol–water partition coefficient (Wildman–Crippen LogP) is 1.00. The molecule has 98 valence electrons. The molecule has 1 rings (SSSR count). The molecule has 1 aromatic carbocycles. The molecule has 0 aliphatic heterocycles. The van der Waals surface area contributed by atoms with Gasteiger partial charge in [0.2, 0.25) is 0 Å². The van der Waals surface area contributed by atoms with Gasteiger partial charge in [-0.25, -0.2) is 4.79 Å². The first-order valence-electron chi connectivity index (χ1n) is 5.50. The number of anilines is 1. The minimum absolute atomic E-state index is 0.0489. The number of hydrogen-bond acceptors (Lipinski definition) is 4. The highest BCUT2D eigenvalue weighted by Gasteiger charge is 2.05. The summed E-state index contributed by atoms with van der Waals surface area (Å²) in [4.78, 5) is 22.2. The Kier molecular flexibility index (Phi) is 5.13. The third-order valence-corrected chi connectivity index (χ3v) is 2.32. The van der Waals surface area contributed by atoms with E-state index in [-0.39, 0.29) is 12.6 Å². The lowest BCUT2D eigenvalue weighted by atomic mass is 10.1. The van der Waals surface area contributed by atoms with Crippen LogP contribution in [0, 0.1) is 0 Å². The van der Waals surface area contributed by atoms with Crippen molar-refractivity contribution in [2.45, 2.75) is 13.0 Å². The van der Waals surface area contributed by atoms with Crippen molar-refractivity contribution >= 4 is 17.7 Å². The van der Waals surface area contributed by atoms with Crippen molar-refractivity contribution in [3.63, 3.8) is 0 Å². The molecular weight excluding hydrogens is 234 g/mol. The average molecular weight is 251 g/mol. The van der Waals surface area contributed by atoms with Crippen LogP contribution in [0.15, 0.2) is 24.3 Å². The van der Waals surface area contributed by atoms with Crippen molar-refractivity contribution in [2.24, 2.45) is 5.73 Å². The summed E-state index contributed by atoms with van der Waals surface area (Å²) in [6, 6.07) is 6.65. The molecule has 0 spiro atoms. The van der Waals surface area contributed by atoms with E-state index in [2.05, 4.69) is 15.4 Å². The summed E-state index contributed by atoms with van der Waals surface area (Å²) in [5.74, 6) is -0.502. The number of urea groups is 1. The quantitative estimate of drug-likeness (QED) is 0.696. The topological polar surface area (TPSA) is 93.4 Å². The second-order valence-corrected chi connectivity index (χ2v) is 3.79. The Hall–Kier alpha value is -2.08. The molecule has 0 saturated carbocycles. The van der Waals surface area contributed by atoms with Crippen molar-refractivity contribution in [3.8, 4) is 0 Å². The van der Waals surface area contributed by atoms with Crippen LogP contribution in [0.1, 0.15) is 18.5 Å². The van der Waals surface area contributed by atoms with Crippen LogP contribution in [0.2, 0.25) is 0 Å². The van der Waals surface area contributed by atoms with Crippen molar-refractivity contribution in [1.29, 1.82) is 0 Å². The molecule has 18 heavy (non-hydrogen) atoms. The van der Waals surface area contributed by atoms with E-state index in [1.807, 2.05) is 19.1 Å². The molecule has 0 radical (unpaired) electrons. The molecule has 1 atom stereocenters. The zero-order chi connectivity index (χ0) is 13.5. The molecule has 6 heteroatoms. The van der Waals surface area contributed by atoms with Crippen molar-refractivity contribution < 1.29 is 14.3 Å². The molecule has 0 aromatic heterocycles. The maximum atomic E-state index is 11.4. The normalized spacial score (nSPS) is 11.5. The molecule has 2 amide bonds. The van der Waals surface area contributed by atoms with Crippen LogP contribution in [0.4, 0.5) is 10.5 Å². The summed E-state index contributed by atoms with van der Waals surface area (Å²) in [6.45, 7) is 1.71. The van der Waals surface area contributed by atoms with Crippen LogP contribution in [0.25, 0.3) is 0 Å². The lowest BCUT2D eigenvalue weighted by Crippen LogP contribution is -2.33. The number of esters is 1. The van der Waals surface area contributed by atoms with Crippen LogP contribution in [0.3, 0.4) is 0 Å². The molecule has 0 saturated heterocycles. The first-order chi connectivity index (χ1) is 8.52. The number of methoxy groups -OCH3 is 1. The van der Waals surface area contributed by atoms with E-state index < -0.39 is 12.0 Å². The number of nitrogens with two attached hydrogens (primary N) is 1. The van der Waals surface area contributed by atoms with Gasteiger partial charge >= 0.3 is 12.0 Å². The zero-order valence-corrected chi connectivity index (χ0v) is 10.4. The highest BCUT2D eigenvalue weighted by Crippen LogP contribution is 2.13. The number of nitrogens with one attached hydrogen (secondary N) is 2. The van der Waals surface area contributed by atoms with Gasteiger partial charge in [-0.2, -0.15) is 0 Å². The minimum Gasteiger partial charge on any atom is -0.468 e. The standard InChI is InChI=1S/C12H17N3O3/c1-8(13)9-3-5-10(6-4-9)15-12(17)14-7-11(16)18-2/h3-6,8H,7,13H2,1-2H3,(H2,14,15,17). The fraction of sp³-hybridized carbons (Fsp3) is 0.333. The summed E-state index contributed by atoms with van der Waals surface area (Å²) in [5.41, 5.74) is 7.32. The number of rotatable bonds is 4. The fourth-order valence-corrected chi connectivity index (χ4v) is 1.27. The molecule has 4 N–H and O–H groups in total. The highest BCUT2D eigenvalue weighted by molar-refractivity contribution is 5.91. The maximum Gasteiger partial charge on any atom is 0.325 e. The molecule has 1 unspecified atom stereocenters. The molecule has 1 aromatic rings. The van der Waals surface area contributed by atoms with Crippen LogP contribution in [-0.2, 0) is 9.53 Å². The van der Waals surface area contributed by atoms with Gasteiger partial charge in [-0.3, -0.25) is 4.79 Å². The van der Waals surface area contributed by atoms with Gasteiger partial charge in [0, 0.05) is 11.7 Å². The molecule has 0 bridgehead atoms. The van der Waals surface area contributed by atoms with Gasteiger partial charge in [0.05, 0.1) is 7.11 Å². The van der Waals surface area contributed by atoms with Gasteiger partial charge in [-0.1, -0.05) is 12.1 Å². The second-order valence-electron chi connectivity index (χ2n) is 3.79. The van der Waals surface area contributed by atoms with Crippen LogP contribution in [-0.4, -0.2) is 25.7 Å². The summed E-state index contributed by atoms with van der Waals surface area (Å²) < 4.78 is 4.40. The van der Waals surface area contributed by atoms with E-state index in [0.29, 0.717) is 5.69 Å². The van der Waals surface area contributed by atoms with Crippen LogP contribution < -0.4 is 16.4 Å². The summed E-state index contributed by atoms with van der Waals surface area (Å²) in [7, 11) is 1.26. The number of benzene rings is 1. The first-order valence-corrected chi connectivity index (χ1v) is 5.50. The largest absolute Gasteiger partial charge is 0.468 e. The van der Waals surface area contributed by atoms with E-state index in [1.165, 1.54) is 7.11 Å². The smallest absolute Gasteiger partial charge is 0.325 e. The van der Waals surface area contributed by atoms with Gasteiger partial charge in [-0.15, -0.1) is 0 Å². The molecule has 0 aliphatic carbocycles. The predicted molar refractivity (Wildman–Crippen MR) is 68.1 cm³/mol. The van der Waals surface area contributed by atoms with E-state index in [9.17, 15) is 9.59 Å². The number of hydrogen-bond donors (Lipinski definition) is 3. The summed E-state index contributed by atoms with van der Waals surface area (Å²) in [5, 5.41) is 4.96. The lowest BCUT2D eigenvalue weighted by molar-refractivity contribution is -0.139. The van der Waals surface area contributed by atoms with Crippen LogP contribution >= 0.6 is 0 Å². The maximum absolute atomic E-state index is 11.4. The molecule has 6 nitrogen and oxygen atoms in total. The second kappa shape index (κ2) is 6.61. The molecule has 0 fully saturated rings. The van der Waals surface area contributed by atoms with Gasteiger partial charge < -0.3 is 21.1 Å². The van der Waals surface area contributed by atoms with E-state index in [4.69, 9.17) is 5.73 Å². The first kappa shape index (κ1) is 14.0. The van der Waals surface area contributed by atoms with E-state index in [1.54, 1.807) is 12.1 Å². The Morgan fingerprint density at radius 3 is 2.44 bits per heavy atom. The monoisotopic (exact) mass is 251 g/mol. The van der Waals surface area contributed by atoms with Crippen LogP contribution in [0.5, 0.6) is 0 Å². The number of ether oxygens (including phenoxy) is 1. The van der Waals surface area contributed by atoms with E-state index in [0.717, 1.165) is 5.56 Å². The third-order valence-electron chi connectivity index (χ3n) is 2.32. The van der Waals surface area contributed by atoms with Crippen molar-refractivity contribution in [3.05, 3.63) is 29.8 Å². The highest BCUT2D eigenvalue weighted by atomic mass is 16.5. The van der Waals surface area contributed by atoms with Crippen molar-refractivity contribution in [2.75, 3.05) is 19.0 Å². The Balaban J connectivity index is 2.47. The Morgan fingerprint density at radius 2 is 1.94 bits per heavy atom. The fourth-order valence-electron chi connectivity index (χ4n) is 1.27. The SMILES string of the molecule is COC(=O)CNC(=O)Nc1ccc(C(C)N)cc1. The molecule has 0 heterocycles. The summed E-state index contributed by atoms with van der Waals surface area (Å²) >= 11 is 0. The summed E-state index contributed by atoms with van der Waals surface area (Å²) in [6.07, 6.45) is 0. The number of carbonyl (C=O) groups is 2. The van der Waals surface area contributed by atoms with Gasteiger partial charge in [0.25, 0.3) is 0 Å². The number of carbonyl (C=O) groups excluding carboxylic acids is 2. The third kappa shape index (κ3) is 4.42. The average Bonchev–Trinajstić information content (AvgIpc) is 2.36. The molecular formula is C12H17N3O3. The van der Waals surface area contributed by atoms with E-state index >= 15 is 0 Å². The Labute approximate surface area is 105 Å². The lowest BCUT2D eigenvalue weighted by Gasteiger charge is -2.09. The Bertz CT molecular complexity index is 415. The molecule has 0 aliphatic rings. The van der Waals surface area contributed by atoms with Crippen molar-refractivity contribution in [1.82, 2.24) is 5.32 Å². The number of amides is 2. The van der Waals surface area contributed by atoms with Gasteiger partial charge in [-0.05, 0) is 24.6 Å². The minimum atomic E-state index is -0.502. The van der Waals surface area contributed by atoms with Gasteiger partial charge in [0.15, 0.2) is 0 Å².